The molecule has 0 unspecified atom stereocenters. The van der Waals surface area contributed by atoms with Gasteiger partial charge in [-0.1, -0.05) is 0 Å². The third kappa shape index (κ3) is 2.09. The quantitative estimate of drug-likeness (QED) is 0.608. The van der Waals surface area contributed by atoms with Gasteiger partial charge >= 0.3 is 0 Å². The van der Waals surface area contributed by atoms with E-state index in [0.29, 0.717) is 11.5 Å². The fourth-order valence-corrected chi connectivity index (χ4v) is 0.723. The molecule has 1 rings (SSSR count). The molecule has 1 aromatic rings. The van der Waals surface area contributed by atoms with E-state index in [0.717, 1.165) is 0 Å². The molecule has 11 heavy (non-hydrogen) atoms. The Bertz CT molecular complexity index is 234. The molecule has 0 radical (unpaired) electrons. The number of rotatable bonds is 2. The summed E-state index contributed by atoms with van der Waals surface area (Å²) < 4.78 is 0. The number of hydrogen-bond acceptors (Lipinski definition) is 4. The van der Waals surface area contributed by atoms with Crippen LogP contribution in [0.4, 0.5) is 11.5 Å². The second-order valence-corrected chi connectivity index (χ2v) is 2.45. The number of nitrogens with zero attached hydrogens (tertiary/aromatic N) is 2. The molecule has 0 aromatic carbocycles. The Hall–Kier alpha value is -1.29. The summed E-state index contributed by atoms with van der Waals surface area (Å²) in [5, 5.41) is 1.79. The largest absolute Gasteiger partial charge is 0.396 e. The maximum atomic E-state index is 5.62. The van der Waals surface area contributed by atoms with Crippen LogP contribution >= 0.6 is 0 Å². The van der Waals surface area contributed by atoms with Crippen molar-refractivity contribution in [2.45, 2.75) is 0 Å². The van der Waals surface area contributed by atoms with E-state index in [2.05, 4.69) is 10.4 Å². The molecule has 0 atom stereocenters. The average molecular weight is 152 g/mol. The minimum Gasteiger partial charge on any atom is -0.396 e. The van der Waals surface area contributed by atoms with Gasteiger partial charge in [0, 0.05) is 20.3 Å². The van der Waals surface area contributed by atoms with E-state index >= 15 is 0 Å². The maximum Gasteiger partial charge on any atom is 0.163 e. The van der Waals surface area contributed by atoms with Crippen molar-refractivity contribution in [2.75, 3.05) is 25.3 Å². The molecular formula is C7H12N4. The summed E-state index contributed by atoms with van der Waals surface area (Å²) in [6.45, 7) is 0. The highest BCUT2D eigenvalue weighted by Crippen LogP contribution is 2.12. The lowest BCUT2D eigenvalue weighted by Crippen LogP contribution is -2.21. The molecule has 60 valence electrons. The molecule has 0 saturated carbocycles. The number of nitrogen functional groups attached to an aromatic ring is 1. The van der Waals surface area contributed by atoms with Crippen LogP contribution in [-0.2, 0) is 0 Å². The van der Waals surface area contributed by atoms with E-state index in [4.69, 9.17) is 5.73 Å². The Morgan fingerprint density at radius 2 is 2.27 bits per heavy atom. The lowest BCUT2D eigenvalue weighted by atomic mass is 10.4. The Balaban J connectivity index is 2.78. The number of hydrazine groups is 1. The topological polar surface area (TPSA) is 54.2 Å². The smallest absolute Gasteiger partial charge is 0.163 e. The number of hydrogen-bond donors (Lipinski definition) is 2. The molecular weight excluding hydrogens is 140 g/mol. The zero-order chi connectivity index (χ0) is 8.27. The van der Waals surface area contributed by atoms with E-state index < -0.39 is 0 Å². The van der Waals surface area contributed by atoms with Crippen molar-refractivity contribution in [1.29, 1.82) is 0 Å². The number of pyridine rings is 1. The van der Waals surface area contributed by atoms with Crippen molar-refractivity contribution in [2.24, 2.45) is 0 Å². The van der Waals surface area contributed by atoms with Gasteiger partial charge in [-0.3, -0.25) is 0 Å². The molecule has 0 amide bonds. The molecule has 0 aliphatic rings. The standard InChI is InChI=1S/C7H12N4/c1-11(2)10-7-6(8)4-3-5-9-7/h3-5H,8H2,1-2H3,(H,9,10). The van der Waals surface area contributed by atoms with E-state index in [9.17, 15) is 0 Å². The lowest BCUT2D eigenvalue weighted by molar-refractivity contribution is 0.493. The third-order valence-corrected chi connectivity index (χ3v) is 1.17. The van der Waals surface area contributed by atoms with Crippen LogP contribution < -0.4 is 11.2 Å². The summed E-state index contributed by atoms with van der Waals surface area (Å²) >= 11 is 0. The number of anilines is 2. The summed E-state index contributed by atoms with van der Waals surface area (Å²) in [4.78, 5) is 4.04. The van der Waals surface area contributed by atoms with Crippen LogP contribution in [0.1, 0.15) is 0 Å². The molecule has 4 nitrogen and oxygen atoms in total. The minimum atomic E-state index is 0.654. The van der Waals surface area contributed by atoms with E-state index in [1.807, 2.05) is 14.1 Å². The van der Waals surface area contributed by atoms with E-state index in [1.54, 1.807) is 23.3 Å². The first-order valence-corrected chi connectivity index (χ1v) is 3.34. The Morgan fingerprint density at radius 1 is 1.55 bits per heavy atom. The van der Waals surface area contributed by atoms with Gasteiger partial charge in [0.25, 0.3) is 0 Å². The normalized spacial score (nSPS) is 10.1. The van der Waals surface area contributed by atoms with Crippen LogP contribution in [0, 0.1) is 0 Å². The highest BCUT2D eigenvalue weighted by molar-refractivity contribution is 5.59. The summed E-state index contributed by atoms with van der Waals surface area (Å²) in [5.74, 6) is 0.692. The first kappa shape index (κ1) is 7.81. The highest BCUT2D eigenvalue weighted by Gasteiger charge is 1.97. The summed E-state index contributed by atoms with van der Waals surface area (Å²) in [6.07, 6.45) is 1.70. The Kier molecular flexibility index (Phi) is 2.28. The molecule has 1 heterocycles. The first-order chi connectivity index (χ1) is 5.20. The molecule has 3 N–H and O–H groups in total. The zero-order valence-electron chi connectivity index (χ0n) is 6.70. The van der Waals surface area contributed by atoms with Gasteiger partial charge in [-0.2, -0.15) is 0 Å². The molecule has 0 aliphatic carbocycles. The number of nitrogens with one attached hydrogen (secondary N) is 1. The molecule has 0 bridgehead atoms. The van der Waals surface area contributed by atoms with Gasteiger partial charge in [0.1, 0.15) is 0 Å². The third-order valence-electron chi connectivity index (χ3n) is 1.17. The van der Waals surface area contributed by atoms with Gasteiger partial charge in [-0.05, 0) is 12.1 Å². The van der Waals surface area contributed by atoms with Gasteiger partial charge < -0.3 is 11.2 Å². The SMILES string of the molecule is CN(C)Nc1ncccc1N. The predicted octanol–water partition coefficient (Wildman–Crippen LogP) is 0.552. The summed E-state index contributed by atoms with van der Waals surface area (Å²) in [7, 11) is 3.77. The summed E-state index contributed by atoms with van der Waals surface area (Å²) in [5.41, 5.74) is 9.24. The van der Waals surface area contributed by atoms with Crippen molar-refractivity contribution >= 4 is 11.5 Å². The fraction of sp³-hybridized carbons (Fsp3) is 0.286. The van der Waals surface area contributed by atoms with E-state index in [-0.39, 0.29) is 0 Å². The van der Waals surface area contributed by atoms with Crippen molar-refractivity contribution in [3.63, 3.8) is 0 Å². The van der Waals surface area contributed by atoms with Crippen LogP contribution in [0.15, 0.2) is 18.3 Å². The number of nitrogens with two attached hydrogens (primary N) is 1. The summed E-state index contributed by atoms with van der Waals surface area (Å²) in [6, 6.07) is 3.61. The Morgan fingerprint density at radius 3 is 2.82 bits per heavy atom. The van der Waals surface area contributed by atoms with Crippen LogP contribution in [0.2, 0.25) is 0 Å². The van der Waals surface area contributed by atoms with Crippen molar-refractivity contribution in [3.8, 4) is 0 Å². The van der Waals surface area contributed by atoms with E-state index in [1.165, 1.54) is 0 Å². The van der Waals surface area contributed by atoms with Crippen LogP contribution in [0.25, 0.3) is 0 Å². The van der Waals surface area contributed by atoms with Gasteiger partial charge in [0.15, 0.2) is 5.82 Å². The first-order valence-electron chi connectivity index (χ1n) is 3.34. The minimum absolute atomic E-state index is 0.654. The van der Waals surface area contributed by atoms with Crippen LogP contribution in [0.3, 0.4) is 0 Å². The maximum absolute atomic E-state index is 5.62. The molecule has 0 aliphatic heterocycles. The predicted molar refractivity (Wildman–Crippen MR) is 46.0 cm³/mol. The Labute approximate surface area is 66.0 Å². The van der Waals surface area contributed by atoms with Gasteiger partial charge in [0.05, 0.1) is 5.69 Å². The van der Waals surface area contributed by atoms with Gasteiger partial charge in [-0.15, -0.1) is 0 Å². The monoisotopic (exact) mass is 152 g/mol. The molecule has 0 fully saturated rings. The fourth-order valence-electron chi connectivity index (χ4n) is 0.723. The van der Waals surface area contributed by atoms with Crippen molar-refractivity contribution < 1.29 is 0 Å². The van der Waals surface area contributed by atoms with Crippen LogP contribution in [0.5, 0.6) is 0 Å². The van der Waals surface area contributed by atoms with Crippen molar-refractivity contribution in [3.05, 3.63) is 18.3 Å². The lowest BCUT2D eigenvalue weighted by Gasteiger charge is -2.13. The van der Waals surface area contributed by atoms with Crippen LogP contribution in [-0.4, -0.2) is 24.1 Å². The average Bonchev–Trinajstić information content (AvgIpc) is 1.93. The second kappa shape index (κ2) is 3.21. The second-order valence-electron chi connectivity index (χ2n) is 2.45. The number of aromatic nitrogens is 1. The molecule has 4 heteroatoms. The molecule has 0 saturated heterocycles. The van der Waals surface area contributed by atoms with Crippen molar-refractivity contribution in [1.82, 2.24) is 9.99 Å². The van der Waals surface area contributed by atoms with Gasteiger partial charge in [-0.25, -0.2) is 9.99 Å². The highest BCUT2D eigenvalue weighted by atomic mass is 15.5. The van der Waals surface area contributed by atoms with Gasteiger partial charge in [0.2, 0.25) is 0 Å². The molecule has 0 spiro atoms. The molecule has 1 aromatic heterocycles. The zero-order valence-corrected chi connectivity index (χ0v) is 6.70.